The molecule has 1 heterocycles. The smallest absolute Gasteiger partial charge is 0.231 e. The van der Waals surface area contributed by atoms with E-state index in [9.17, 15) is 9.59 Å². The van der Waals surface area contributed by atoms with Crippen molar-refractivity contribution in [3.05, 3.63) is 40.0 Å². The molecule has 0 unspecified atom stereocenters. The van der Waals surface area contributed by atoms with Crippen LogP contribution in [0.25, 0.3) is 12.2 Å². The fourth-order valence-electron chi connectivity index (χ4n) is 2.01. The third kappa shape index (κ3) is 1.25. The molecule has 2 aliphatic carbocycles. The second-order valence-electron chi connectivity index (χ2n) is 3.92. The van der Waals surface area contributed by atoms with E-state index in [2.05, 4.69) is 4.98 Å². The van der Waals surface area contributed by atoms with Gasteiger partial charge in [0.05, 0.1) is 16.6 Å². The number of rotatable bonds is 0. The first-order chi connectivity index (χ1) is 7.75. The summed E-state index contributed by atoms with van der Waals surface area (Å²) in [4.78, 5) is 27.4. The van der Waals surface area contributed by atoms with Gasteiger partial charge in [-0.2, -0.15) is 0 Å². The van der Waals surface area contributed by atoms with Gasteiger partial charge in [0.15, 0.2) is 0 Å². The Balaban J connectivity index is 2.35. The van der Waals surface area contributed by atoms with Crippen molar-refractivity contribution in [2.45, 2.75) is 12.8 Å². The average Bonchev–Trinajstić information content (AvgIpc) is 2.32. The topological polar surface area (TPSA) is 47.0 Å². The molecule has 16 heavy (non-hydrogen) atoms. The molecule has 3 rings (SSSR count). The fraction of sp³-hybridized carbons (Fsp3) is 0.154. The van der Waals surface area contributed by atoms with Crippen LogP contribution in [0.15, 0.2) is 18.2 Å². The van der Waals surface area contributed by atoms with Gasteiger partial charge in [-0.15, -0.1) is 0 Å². The van der Waals surface area contributed by atoms with E-state index < -0.39 is 5.78 Å². The maximum Gasteiger partial charge on any atom is 0.231 e. The number of hydrogen-bond acceptors (Lipinski definition) is 3. The quantitative estimate of drug-likeness (QED) is 0.563. The molecule has 0 amide bonds. The average molecular weight is 211 g/mol. The van der Waals surface area contributed by atoms with Gasteiger partial charge in [-0.25, -0.2) is 0 Å². The van der Waals surface area contributed by atoms with Crippen LogP contribution >= 0.6 is 0 Å². The number of carbonyl (C=O) groups excluding carboxylic acids is 2. The van der Waals surface area contributed by atoms with Gasteiger partial charge in [0, 0.05) is 12.8 Å². The third-order valence-corrected chi connectivity index (χ3v) is 2.87. The Morgan fingerprint density at radius 3 is 2.94 bits per heavy atom. The summed E-state index contributed by atoms with van der Waals surface area (Å²) in [5.74, 6) is -0.753. The van der Waals surface area contributed by atoms with Crippen LogP contribution in [0.2, 0.25) is 0 Å². The molecule has 0 spiro atoms. The SMILES string of the molecule is O=C1CC=c2nc3c(cc2C1=O)=CC=CC3. The molecule has 0 fully saturated rings. The predicted octanol–water partition coefficient (Wildman–Crippen LogP) is -0.0896. The van der Waals surface area contributed by atoms with E-state index in [1.165, 1.54) is 0 Å². The molecular formula is C13H9NO2. The van der Waals surface area contributed by atoms with Crippen LogP contribution in [0, 0.1) is 0 Å². The zero-order valence-corrected chi connectivity index (χ0v) is 8.56. The molecule has 0 N–H and O–H groups in total. The van der Waals surface area contributed by atoms with Crippen LogP contribution in [0.4, 0.5) is 0 Å². The summed E-state index contributed by atoms with van der Waals surface area (Å²) in [5, 5.41) is 1.60. The molecule has 0 saturated carbocycles. The Bertz CT molecular complexity index is 653. The van der Waals surface area contributed by atoms with Crippen molar-refractivity contribution in [1.29, 1.82) is 0 Å². The summed E-state index contributed by atoms with van der Waals surface area (Å²) >= 11 is 0. The second kappa shape index (κ2) is 3.23. The van der Waals surface area contributed by atoms with E-state index in [-0.39, 0.29) is 12.2 Å². The van der Waals surface area contributed by atoms with Gasteiger partial charge in [0.25, 0.3) is 0 Å². The van der Waals surface area contributed by atoms with Crippen LogP contribution < -0.4 is 10.6 Å². The van der Waals surface area contributed by atoms with Crippen LogP contribution in [0.5, 0.6) is 0 Å². The van der Waals surface area contributed by atoms with Gasteiger partial charge in [-0.05, 0) is 11.3 Å². The minimum absolute atomic E-state index is 0.178. The number of nitrogens with zero attached hydrogens (tertiary/aromatic N) is 1. The minimum atomic E-state index is -0.407. The number of carbonyl (C=O) groups is 2. The van der Waals surface area contributed by atoms with E-state index >= 15 is 0 Å². The molecular weight excluding hydrogens is 202 g/mol. The van der Waals surface area contributed by atoms with Crippen molar-refractivity contribution >= 4 is 23.7 Å². The maximum absolute atomic E-state index is 11.7. The number of ketones is 2. The first kappa shape index (κ1) is 9.21. The van der Waals surface area contributed by atoms with E-state index in [1.807, 2.05) is 18.2 Å². The Morgan fingerprint density at radius 2 is 2.06 bits per heavy atom. The largest absolute Gasteiger partial charge is 0.290 e. The van der Waals surface area contributed by atoms with Crippen molar-refractivity contribution in [2.75, 3.05) is 0 Å². The first-order valence-electron chi connectivity index (χ1n) is 5.20. The minimum Gasteiger partial charge on any atom is -0.290 e. The first-order valence-corrected chi connectivity index (χ1v) is 5.20. The summed E-state index contributed by atoms with van der Waals surface area (Å²) in [5.41, 5.74) is 1.42. The monoisotopic (exact) mass is 211 g/mol. The van der Waals surface area contributed by atoms with Crippen LogP contribution in [-0.2, 0) is 11.2 Å². The molecule has 1 aromatic rings. The fourth-order valence-corrected chi connectivity index (χ4v) is 2.01. The van der Waals surface area contributed by atoms with Crippen molar-refractivity contribution in [2.24, 2.45) is 0 Å². The molecule has 0 aliphatic heterocycles. The normalized spacial score (nSPS) is 17.2. The van der Waals surface area contributed by atoms with E-state index in [0.717, 1.165) is 17.3 Å². The zero-order chi connectivity index (χ0) is 11.1. The van der Waals surface area contributed by atoms with Gasteiger partial charge >= 0.3 is 0 Å². The van der Waals surface area contributed by atoms with Crippen molar-refractivity contribution in [1.82, 2.24) is 4.98 Å². The highest BCUT2D eigenvalue weighted by Crippen LogP contribution is 2.04. The molecule has 3 heteroatoms. The molecule has 78 valence electrons. The maximum atomic E-state index is 11.7. The predicted molar refractivity (Wildman–Crippen MR) is 59.2 cm³/mol. The lowest BCUT2D eigenvalue weighted by molar-refractivity contribution is -0.114. The summed E-state index contributed by atoms with van der Waals surface area (Å²) in [7, 11) is 0. The lowest BCUT2D eigenvalue weighted by atomic mass is 9.98. The van der Waals surface area contributed by atoms with Gasteiger partial charge in [-0.3, -0.25) is 14.6 Å². The molecule has 0 atom stereocenters. The van der Waals surface area contributed by atoms with Crippen LogP contribution in [0.3, 0.4) is 0 Å². The molecule has 0 radical (unpaired) electrons. The van der Waals surface area contributed by atoms with Gasteiger partial charge < -0.3 is 0 Å². The Morgan fingerprint density at radius 1 is 1.19 bits per heavy atom. The standard InChI is InChI=1S/C13H9NO2/c15-12-6-5-11-9(13(12)16)7-8-3-1-2-4-10(8)14-11/h1-3,5,7H,4,6H2. The number of Topliss-reactive ketones (excluding diaryl/α,β-unsaturated/α-hetero) is 2. The van der Waals surface area contributed by atoms with Gasteiger partial charge in [-0.1, -0.05) is 24.3 Å². The summed E-state index contributed by atoms with van der Waals surface area (Å²) in [6.07, 6.45) is 8.58. The van der Waals surface area contributed by atoms with Crippen LogP contribution in [-0.4, -0.2) is 16.6 Å². The number of hydrogen-bond donors (Lipinski definition) is 0. The molecule has 0 aromatic carbocycles. The van der Waals surface area contributed by atoms with Crippen LogP contribution in [0.1, 0.15) is 22.5 Å². The number of fused-ring (bicyclic) bond motifs is 2. The number of allylic oxidation sites excluding steroid dienone is 2. The summed E-state index contributed by atoms with van der Waals surface area (Å²) in [6, 6.07) is 1.77. The summed E-state index contributed by atoms with van der Waals surface area (Å²) in [6.45, 7) is 0. The highest BCUT2D eigenvalue weighted by atomic mass is 16.2. The lowest BCUT2D eigenvalue weighted by Crippen LogP contribution is -2.33. The zero-order valence-electron chi connectivity index (χ0n) is 8.56. The third-order valence-electron chi connectivity index (χ3n) is 2.87. The Hall–Kier alpha value is -2.03. The van der Waals surface area contributed by atoms with Gasteiger partial charge in [0.1, 0.15) is 0 Å². The molecule has 2 aliphatic rings. The molecule has 0 bridgehead atoms. The van der Waals surface area contributed by atoms with Crippen molar-refractivity contribution in [3.8, 4) is 0 Å². The van der Waals surface area contributed by atoms with E-state index in [0.29, 0.717) is 10.9 Å². The Kier molecular flexibility index (Phi) is 1.86. The number of aromatic nitrogens is 1. The molecule has 3 nitrogen and oxygen atoms in total. The molecule has 0 saturated heterocycles. The van der Waals surface area contributed by atoms with Crippen molar-refractivity contribution < 1.29 is 9.59 Å². The second-order valence-corrected chi connectivity index (χ2v) is 3.92. The summed E-state index contributed by atoms with van der Waals surface area (Å²) < 4.78 is 0. The van der Waals surface area contributed by atoms with E-state index in [4.69, 9.17) is 0 Å². The number of pyridine rings is 1. The van der Waals surface area contributed by atoms with Gasteiger partial charge in [0.2, 0.25) is 11.6 Å². The van der Waals surface area contributed by atoms with E-state index in [1.54, 1.807) is 12.1 Å². The van der Waals surface area contributed by atoms with Crippen molar-refractivity contribution in [3.63, 3.8) is 0 Å². The Labute approximate surface area is 91.8 Å². The highest BCUT2D eigenvalue weighted by molar-refractivity contribution is 6.45. The highest BCUT2D eigenvalue weighted by Gasteiger charge is 2.21. The molecule has 1 aromatic heterocycles. The lowest BCUT2D eigenvalue weighted by Gasteiger charge is -2.09.